The van der Waals surface area contributed by atoms with Gasteiger partial charge in [-0.25, -0.2) is 8.42 Å². The molecule has 1 heterocycles. The summed E-state index contributed by atoms with van der Waals surface area (Å²) in [5.41, 5.74) is 1.50. The fourth-order valence-corrected chi connectivity index (χ4v) is 5.14. The van der Waals surface area contributed by atoms with Gasteiger partial charge in [-0.3, -0.25) is 9.69 Å². The molecule has 6 nitrogen and oxygen atoms in total. The molecule has 0 radical (unpaired) electrons. The van der Waals surface area contributed by atoms with Gasteiger partial charge in [0.15, 0.2) is 0 Å². The van der Waals surface area contributed by atoms with Crippen LogP contribution in [0.3, 0.4) is 0 Å². The van der Waals surface area contributed by atoms with Gasteiger partial charge in [0.05, 0.1) is 21.0 Å². The summed E-state index contributed by atoms with van der Waals surface area (Å²) in [4.78, 5) is 14.8. The van der Waals surface area contributed by atoms with E-state index in [-0.39, 0.29) is 10.8 Å². The number of halogens is 2. The maximum Gasteiger partial charge on any atom is 0.243 e. The van der Waals surface area contributed by atoms with Gasteiger partial charge in [-0.05, 0) is 68.8 Å². The van der Waals surface area contributed by atoms with Crippen LogP contribution in [-0.4, -0.2) is 49.7 Å². The lowest BCUT2D eigenvalue weighted by Crippen LogP contribution is -2.39. The van der Waals surface area contributed by atoms with Crippen molar-refractivity contribution in [3.8, 4) is 0 Å². The number of nitrogens with zero attached hydrogens (tertiary/aromatic N) is 2. The Balaban J connectivity index is 1.61. The van der Waals surface area contributed by atoms with Gasteiger partial charge in [0, 0.05) is 25.3 Å². The van der Waals surface area contributed by atoms with E-state index in [0.717, 1.165) is 18.4 Å². The smallest absolute Gasteiger partial charge is 0.243 e. The number of carbonyl (C=O) groups is 1. The Morgan fingerprint density at radius 2 is 1.73 bits per heavy atom. The lowest BCUT2D eigenvalue weighted by molar-refractivity contribution is -0.120. The molecule has 1 fully saturated rings. The number of likely N-dealkylation sites (N-methyl/N-ethyl adjacent to an activating group) is 1. The monoisotopic (exact) mass is 469 g/mol. The summed E-state index contributed by atoms with van der Waals surface area (Å²) in [7, 11) is -1.62. The molecule has 162 valence electrons. The van der Waals surface area contributed by atoms with Crippen LogP contribution in [-0.2, 0) is 21.4 Å². The summed E-state index contributed by atoms with van der Waals surface area (Å²) in [5, 5.41) is 3.81. The van der Waals surface area contributed by atoms with E-state index >= 15 is 0 Å². The molecule has 0 bridgehead atoms. The van der Waals surface area contributed by atoms with E-state index in [1.165, 1.54) is 16.4 Å². The Morgan fingerprint density at radius 3 is 2.33 bits per heavy atom. The molecule has 9 heteroatoms. The second-order valence-electron chi connectivity index (χ2n) is 7.46. The van der Waals surface area contributed by atoms with Gasteiger partial charge in [0.25, 0.3) is 0 Å². The van der Waals surface area contributed by atoms with Crippen molar-refractivity contribution in [3.05, 3.63) is 58.1 Å². The van der Waals surface area contributed by atoms with E-state index in [4.69, 9.17) is 23.2 Å². The van der Waals surface area contributed by atoms with Crippen LogP contribution in [0, 0.1) is 0 Å². The first-order valence-corrected chi connectivity index (χ1v) is 11.9. The van der Waals surface area contributed by atoms with Crippen LogP contribution in [0.2, 0.25) is 10.0 Å². The van der Waals surface area contributed by atoms with E-state index in [0.29, 0.717) is 35.4 Å². The van der Waals surface area contributed by atoms with Crippen LogP contribution in [0.15, 0.2) is 47.4 Å². The number of sulfonamides is 1. The van der Waals surface area contributed by atoms with Gasteiger partial charge < -0.3 is 5.32 Å². The Kier molecular flexibility index (Phi) is 7.42. The van der Waals surface area contributed by atoms with Gasteiger partial charge in [-0.2, -0.15) is 4.31 Å². The number of benzene rings is 2. The number of hydrogen-bond donors (Lipinski definition) is 1. The quantitative estimate of drug-likeness (QED) is 0.658. The third-order valence-corrected chi connectivity index (χ3v) is 7.93. The zero-order chi connectivity index (χ0) is 21.9. The molecule has 3 rings (SSSR count). The van der Waals surface area contributed by atoms with Crippen LogP contribution < -0.4 is 5.32 Å². The Hall–Kier alpha value is -1.64. The summed E-state index contributed by atoms with van der Waals surface area (Å²) in [5.74, 6) is -0.187. The average Bonchev–Trinajstić information content (AvgIpc) is 3.26. The Bertz CT molecular complexity index is 1010. The van der Waals surface area contributed by atoms with Crippen LogP contribution in [0.5, 0.6) is 0 Å². The lowest BCUT2D eigenvalue weighted by atomic mass is 10.2. The molecular weight excluding hydrogens is 445 g/mol. The van der Waals surface area contributed by atoms with Gasteiger partial charge in [-0.15, -0.1) is 0 Å². The molecular formula is C21H25Cl2N3O3S. The maximum absolute atomic E-state index is 12.6. The van der Waals surface area contributed by atoms with E-state index in [2.05, 4.69) is 5.32 Å². The van der Waals surface area contributed by atoms with Gasteiger partial charge >= 0.3 is 0 Å². The maximum atomic E-state index is 12.6. The van der Waals surface area contributed by atoms with Crippen molar-refractivity contribution in [2.45, 2.75) is 37.2 Å². The zero-order valence-corrected chi connectivity index (χ0v) is 19.3. The SMILES string of the molecule is CC(C(=O)Nc1ccc(S(=O)(=O)N2CCCC2)cc1)N(C)Cc1ccc(Cl)c(Cl)c1. The summed E-state index contributed by atoms with van der Waals surface area (Å²) in [6, 6.07) is 11.3. The van der Waals surface area contributed by atoms with Crippen LogP contribution in [0.25, 0.3) is 0 Å². The minimum Gasteiger partial charge on any atom is -0.325 e. The predicted octanol–water partition coefficient (Wildman–Crippen LogP) is 4.24. The van der Waals surface area contributed by atoms with E-state index < -0.39 is 16.1 Å². The van der Waals surface area contributed by atoms with Crippen molar-refractivity contribution in [2.75, 3.05) is 25.5 Å². The molecule has 0 aromatic heterocycles. The number of amides is 1. The van der Waals surface area contributed by atoms with Gasteiger partial charge in [0.2, 0.25) is 15.9 Å². The molecule has 30 heavy (non-hydrogen) atoms. The minimum absolute atomic E-state index is 0.187. The standard InChI is InChI=1S/C21H25Cl2N3O3S/c1-15(25(2)14-16-5-10-19(22)20(23)13-16)21(27)24-17-6-8-18(9-7-17)30(28,29)26-11-3-4-12-26/h5-10,13,15H,3-4,11-12,14H2,1-2H3,(H,24,27). The summed E-state index contributed by atoms with van der Waals surface area (Å²) in [6.07, 6.45) is 1.78. The molecule has 0 saturated carbocycles. The van der Waals surface area contributed by atoms with Gasteiger partial charge in [-0.1, -0.05) is 29.3 Å². The largest absolute Gasteiger partial charge is 0.325 e. The average molecular weight is 470 g/mol. The van der Waals surface area contributed by atoms with Crippen LogP contribution >= 0.6 is 23.2 Å². The molecule has 1 N–H and O–H groups in total. The first-order valence-electron chi connectivity index (χ1n) is 9.74. The fraction of sp³-hybridized carbons (Fsp3) is 0.381. The molecule has 1 atom stereocenters. The number of anilines is 1. The first kappa shape index (κ1) is 23.0. The second kappa shape index (κ2) is 9.66. The highest BCUT2D eigenvalue weighted by Gasteiger charge is 2.27. The lowest BCUT2D eigenvalue weighted by Gasteiger charge is -2.24. The Labute approximate surface area is 187 Å². The zero-order valence-electron chi connectivity index (χ0n) is 16.9. The highest BCUT2D eigenvalue weighted by Crippen LogP contribution is 2.24. The van der Waals surface area contributed by atoms with Crippen LogP contribution in [0.1, 0.15) is 25.3 Å². The van der Waals surface area contributed by atoms with Crippen molar-refractivity contribution in [3.63, 3.8) is 0 Å². The molecule has 1 aliphatic heterocycles. The number of carbonyl (C=O) groups excluding carboxylic acids is 1. The topological polar surface area (TPSA) is 69.7 Å². The molecule has 1 unspecified atom stereocenters. The molecule has 2 aromatic rings. The van der Waals surface area contributed by atoms with E-state index in [1.807, 2.05) is 18.0 Å². The van der Waals surface area contributed by atoms with Crippen LogP contribution in [0.4, 0.5) is 5.69 Å². The van der Waals surface area contributed by atoms with E-state index in [9.17, 15) is 13.2 Å². The fourth-order valence-electron chi connectivity index (χ4n) is 3.30. The van der Waals surface area contributed by atoms with Crippen molar-refractivity contribution >= 4 is 44.8 Å². The number of nitrogens with one attached hydrogen (secondary N) is 1. The first-order chi connectivity index (χ1) is 14.2. The van der Waals surface area contributed by atoms with Gasteiger partial charge in [0.1, 0.15) is 0 Å². The van der Waals surface area contributed by atoms with Crippen molar-refractivity contribution < 1.29 is 13.2 Å². The molecule has 0 spiro atoms. The second-order valence-corrected chi connectivity index (χ2v) is 10.2. The molecule has 1 saturated heterocycles. The highest BCUT2D eigenvalue weighted by atomic mass is 35.5. The number of hydrogen-bond acceptors (Lipinski definition) is 4. The molecule has 1 aliphatic rings. The predicted molar refractivity (Wildman–Crippen MR) is 120 cm³/mol. The van der Waals surface area contributed by atoms with Crippen molar-refractivity contribution in [1.82, 2.24) is 9.21 Å². The summed E-state index contributed by atoms with van der Waals surface area (Å²) < 4.78 is 26.7. The normalized spacial score (nSPS) is 16.0. The van der Waals surface area contributed by atoms with E-state index in [1.54, 1.807) is 31.2 Å². The van der Waals surface area contributed by atoms with Crippen molar-refractivity contribution in [2.24, 2.45) is 0 Å². The third kappa shape index (κ3) is 5.34. The third-order valence-electron chi connectivity index (χ3n) is 5.28. The Morgan fingerprint density at radius 1 is 1.10 bits per heavy atom. The highest BCUT2D eigenvalue weighted by molar-refractivity contribution is 7.89. The molecule has 1 amide bonds. The summed E-state index contributed by atoms with van der Waals surface area (Å²) in [6.45, 7) is 3.45. The van der Waals surface area contributed by atoms with Crippen molar-refractivity contribution in [1.29, 1.82) is 0 Å². The molecule has 2 aromatic carbocycles. The summed E-state index contributed by atoms with van der Waals surface area (Å²) >= 11 is 12.0. The minimum atomic E-state index is -3.46. The molecule has 0 aliphatic carbocycles. The number of rotatable bonds is 7.